The van der Waals surface area contributed by atoms with Crippen LogP contribution in [0.5, 0.6) is 0 Å². The maximum absolute atomic E-state index is 12.4. The zero-order chi connectivity index (χ0) is 14.1. The molecular formula is C11H22N4O3S. The number of nitrogens with zero attached hydrogens (tertiary/aromatic N) is 2. The van der Waals surface area contributed by atoms with Crippen LogP contribution < -0.4 is 5.73 Å². The molecule has 2 aliphatic rings. The molecule has 0 aromatic rings. The summed E-state index contributed by atoms with van der Waals surface area (Å²) >= 11 is 0. The van der Waals surface area contributed by atoms with Gasteiger partial charge in [0.15, 0.2) is 0 Å². The lowest BCUT2D eigenvalue weighted by Gasteiger charge is -2.40. The predicted molar refractivity (Wildman–Crippen MR) is 72.1 cm³/mol. The van der Waals surface area contributed by atoms with E-state index in [2.05, 4.69) is 0 Å². The van der Waals surface area contributed by atoms with Gasteiger partial charge in [0.25, 0.3) is 10.2 Å². The molecule has 19 heavy (non-hydrogen) atoms. The third-order valence-electron chi connectivity index (χ3n) is 4.10. The van der Waals surface area contributed by atoms with Gasteiger partial charge in [-0.05, 0) is 12.8 Å². The second-order valence-corrected chi connectivity index (χ2v) is 7.32. The SMILES string of the molecule is CC1(C(=N)N)CCN(S(=O)(=O)N2CCOCC2)CC1. The molecular weight excluding hydrogens is 268 g/mol. The first-order valence-corrected chi connectivity index (χ1v) is 7.93. The number of hydrogen-bond acceptors (Lipinski definition) is 4. The second kappa shape index (κ2) is 5.35. The molecule has 0 saturated carbocycles. The highest BCUT2D eigenvalue weighted by Crippen LogP contribution is 2.32. The lowest BCUT2D eigenvalue weighted by Crippen LogP contribution is -2.53. The highest BCUT2D eigenvalue weighted by Gasteiger charge is 2.39. The molecule has 0 amide bonds. The summed E-state index contributed by atoms with van der Waals surface area (Å²) < 4.78 is 33.0. The van der Waals surface area contributed by atoms with E-state index in [1.54, 1.807) is 0 Å². The minimum absolute atomic E-state index is 0.149. The molecule has 2 fully saturated rings. The van der Waals surface area contributed by atoms with Crippen LogP contribution >= 0.6 is 0 Å². The monoisotopic (exact) mass is 290 g/mol. The molecule has 0 spiro atoms. The van der Waals surface area contributed by atoms with E-state index >= 15 is 0 Å². The molecule has 2 saturated heterocycles. The fourth-order valence-electron chi connectivity index (χ4n) is 2.42. The lowest BCUT2D eigenvalue weighted by molar-refractivity contribution is 0.0690. The van der Waals surface area contributed by atoms with E-state index in [-0.39, 0.29) is 11.3 Å². The van der Waals surface area contributed by atoms with Crippen molar-refractivity contribution in [2.45, 2.75) is 19.8 Å². The fraction of sp³-hybridized carbons (Fsp3) is 0.909. The van der Waals surface area contributed by atoms with E-state index in [0.717, 1.165) is 0 Å². The minimum Gasteiger partial charge on any atom is -0.387 e. The Kier molecular flexibility index (Phi) is 4.14. The molecule has 2 heterocycles. The van der Waals surface area contributed by atoms with Crippen LogP contribution in [-0.4, -0.2) is 62.3 Å². The van der Waals surface area contributed by atoms with Crippen LogP contribution in [0.4, 0.5) is 0 Å². The standard InChI is InChI=1S/C11H22N4O3S/c1-11(10(12)13)2-4-14(5-3-11)19(16,17)15-6-8-18-9-7-15/h2-9H2,1H3,(H3,12,13). The third kappa shape index (κ3) is 2.91. The molecule has 0 aromatic heterocycles. The van der Waals surface area contributed by atoms with Gasteiger partial charge in [-0.15, -0.1) is 0 Å². The van der Waals surface area contributed by atoms with Crippen molar-refractivity contribution in [2.24, 2.45) is 11.1 Å². The molecule has 110 valence electrons. The highest BCUT2D eigenvalue weighted by molar-refractivity contribution is 7.86. The van der Waals surface area contributed by atoms with Gasteiger partial charge in [0.1, 0.15) is 0 Å². The summed E-state index contributed by atoms with van der Waals surface area (Å²) in [6.07, 6.45) is 1.21. The zero-order valence-electron chi connectivity index (χ0n) is 11.3. The first kappa shape index (κ1) is 14.7. The van der Waals surface area contributed by atoms with Gasteiger partial charge in [0.05, 0.1) is 19.0 Å². The van der Waals surface area contributed by atoms with Crippen molar-refractivity contribution in [3.8, 4) is 0 Å². The van der Waals surface area contributed by atoms with Crippen molar-refractivity contribution in [1.82, 2.24) is 8.61 Å². The molecule has 0 unspecified atom stereocenters. The minimum atomic E-state index is -3.39. The van der Waals surface area contributed by atoms with Crippen LogP contribution in [0, 0.1) is 10.8 Å². The Morgan fingerprint density at radius 3 is 2.11 bits per heavy atom. The van der Waals surface area contributed by atoms with Crippen molar-refractivity contribution in [2.75, 3.05) is 39.4 Å². The molecule has 2 aliphatic heterocycles. The van der Waals surface area contributed by atoms with Gasteiger partial charge in [-0.2, -0.15) is 17.0 Å². The average molecular weight is 290 g/mol. The van der Waals surface area contributed by atoms with Gasteiger partial charge in [0, 0.05) is 31.6 Å². The van der Waals surface area contributed by atoms with Gasteiger partial charge in [0.2, 0.25) is 0 Å². The van der Waals surface area contributed by atoms with E-state index in [1.807, 2.05) is 6.92 Å². The number of nitrogens with one attached hydrogen (secondary N) is 1. The average Bonchev–Trinajstić information content (AvgIpc) is 2.40. The number of hydrogen-bond donors (Lipinski definition) is 2. The fourth-order valence-corrected chi connectivity index (χ4v) is 4.00. The molecule has 7 nitrogen and oxygen atoms in total. The topological polar surface area (TPSA) is 99.7 Å². The first-order chi connectivity index (χ1) is 8.86. The van der Waals surface area contributed by atoms with E-state index < -0.39 is 10.2 Å². The zero-order valence-corrected chi connectivity index (χ0v) is 12.1. The Hall–Kier alpha value is -0.700. The van der Waals surface area contributed by atoms with Crippen molar-refractivity contribution in [1.29, 1.82) is 5.41 Å². The van der Waals surface area contributed by atoms with Gasteiger partial charge < -0.3 is 10.5 Å². The number of amidine groups is 1. The summed E-state index contributed by atoms with van der Waals surface area (Å²) in [4.78, 5) is 0. The number of piperidine rings is 1. The number of morpholine rings is 1. The van der Waals surface area contributed by atoms with Crippen LogP contribution in [-0.2, 0) is 14.9 Å². The van der Waals surface area contributed by atoms with Crippen molar-refractivity contribution in [3.05, 3.63) is 0 Å². The van der Waals surface area contributed by atoms with Gasteiger partial charge >= 0.3 is 0 Å². The molecule has 3 N–H and O–H groups in total. The maximum Gasteiger partial charge on any atom is 0.282 e. The van der Waals surface area contributed by atoms with E-state index in [1.165, 1.54) is 8.61 Å². The molecule has 0 bridgehead atoms. The molecule has 0 aliphatic carbocycles. The summed E-state index contributed by atoms with van der Waals surface area (Å²) in [6.45, 7) is 4.53. The Labute approximate surface area is 114 Å². The summed E-state index contributed by atoms with van der Waals surface area (Å²) in [5.74, 6) is 0.149. The van der Waals surface area contributed by atoms with Crippen molar-refractivity contribution < 1.29 is 13.2 Å². The van der Waals surface area contributed by atoms with Gasteiger partial charge in [-0.25, -0.2) is 0 Å². The van der Waals surface area contributed by atoms with Crippen molar-refractivity contribution in [3.63, 3.8) is 0 Å². The summed E-state index contributed by atoms with van der Waals surface area (Å²) in [6, 6.07) is 0. The normalized spacial score (nSPS) is 26.2. The smallest absolute Gasteiger partial charge is 0.282 e. The molecule has 0 atom stereocenters. The Bertz CT molecular complexity index is 437. The number of ether oxygens (including phenoxy) is 1. The molecule has 0 radical (unpaired) electrons. The Balaban J connectivity index is 2.02. The Morgan fingerprint density at radius 2 is 1.63 bits per heavy atom. The lowest BCUT2D eigenvalue weighted by atomic mass is 9.80. The second-order valence-electron chi connectivity index (χ2n) is 5.39. The van der Waals surface area contributed by atoms with Gasteiger partial charge in [-0.3, -0.25) is 5.41 Å². The number of nitrogens with two attached hydrogens (primary N) is 1. The molecule has 8 heteroatoms. The highest BCUT2D eigenvalue weighted by atomic mass is 32.2. The third-order valence-corrected chi connectivity index (χ3v) is 6.13. The first-order valence-electron chi connectivity index (χ1n) is 6.54. The van der Waals surface area contributed by atoms with E-state index in [4.69, 9.17) is 15.9 Å². The maximum atomic E-state index is 12.4. The molecule has 0 aromatic carbocycles. The summed E-state index contributed by atoms with van der Waals surface area (Å²) in [5, 5.41) is 7.59. The van der Waals surface area contributed by atoms with E-state index in [0.29, 0.717) is 52.2 Å². The van der Waals surface area contributed by atoms with Crippen LogP contribution in [0.15, 0.2) is 0 Å². The molecule has 2 rings (SSSR count). The Morgan fingerprint density at radius 1 is 1.16 bits per heavy atom. The largest absolute Gasteiger partial charge is 0.387 e. The van der Waals surface area contributed by atoms with E-state index in [9.17, 15) is 8.42 Å². The van der Waals surface area contributed by atoms with Crippen LogP contribution in [0.25, 0.3) is 0 Å². The predicted octanol–water partition coefficient (Wildman–Crippen LogP) is -0.399. The summed E-state index contributed by atoms with van der Waals surface area (Å²) in [5.41, 5.74) is 5.22. The van der Waals surface area contributed by atoms with Crippen LogP contribution in [0.1, 0.15) is 19.8 Å². The van der Waals surface area contributed by atoms with Gasteiger partial charge in [-0.1, -0.05) is 6.92 Å². The summed E-state index contributed by atoms with van der Waals surface area (Å²) in [7, 11) is -3.39. The van der Waals surface area contributed by atoms with Crippen molar-refractivity contribution >= 4 is 16.0 Å². The van der Waals surface area contributed by atoms with Crippen LogP contribution in [0.2, 0.25) is 0 Å². The quantitative estimate of drug-likeness (QED) is 0.545. The van der Waals surface area contributed by atoms with Crippen LogP contribution in [0.3, 0.4) is 0 Å². The number of rotatable bonds is 3.